The van der Waals surface area contributed by atoms with Gasteiger partial charge in [0.15, 0.2) is 11.2 Å². The van der Waals surface area contributed by atoms with Crippen molar-refractivity contribution in [2.45, 2.75) is 12.6 Å². The number of allylic oxidation sites excluding steroid dienone is 6. The maximum atomic E-state index is 13.1. The van der Waals surface area contributed by atoms with E-state index in [4.69, 9.17) is 4.42 Å². The third-order valence-corrected chi connectivity index (χ3v) is 5.34. The Balaban J connectivity index is 1.62. The SMILES string of the molecule is O=S(Nc1ccccc1-c1nc2ncccc2o1)C1=CC=CC=C(C(F)(F)F)C1. The van der Waals surface area contributed by atoms with E-state index in [0.717, 1.165) is 6.08 Å². The lowest BCUT2D eigenvalue weighted by Crippen LogP contribution is -2.15. The number of nitrogens with zero attached hydrogens (tertiary/aromatic N) is 2. The molecular formula is C20H14F3N3O2S. The molecule has 1 aliphatic rings. The number of aromatic nitrogens is 2. The zero-order chi connectivity index (χ0) is 20.4. The lowest BCUT2D eigenvalue weighted by molar-refractivity contribution is -0.0929. The summed E-state index contributed by atoms with van der Waals surface area (Å²) in [6, 6.07) is 10.3. The van der Waals surface area contributed by atoms with Gasteiger partial charge in [0.1, 0.15) is 11.0 Å². The van der Waals surface area contributed by atoms with Crippen LogP contribution in [0.5, 0.6) is 0 Å². The van der Waals surface area contributed by atoms with E-state index in [0.29, 0.717) is 22.5 Å². The molecule has 9 heteroatoms. The van der Waals surface area contributed by atoms with Gasteiger partial charge in [-0.15, -0.1) is 0 Å². The van der Waals surface area contributed by atoms with Gasteiger partial charge in [0.25, 0.3) is 0 Å². The Morgan fingerprint density at radius 3 is 2.66 bits per heavy atom. The van der Waals surface area contributed by atoms with Crippen molar-refractivity contribution in [2.24, 2.45) is 0 Å². The van der Waals surface area contributed by atoms with Gasteiger partial charge >= 0.3 is 6.18 Å². The van der Waals surface area contributed by atoms with Gasteiger partial charge in [-0.25, -0.2) is 9.19 Å². The number of hydrogen-bond donors (Lipinski definition) is 1. The van der Waals surface area contributed by atoms with E-state index in [9.17, 15) is 17.4 Å². The van der Waals surface area contributed by atoms with Crippen LogP contribution in [-0.4, -0.2) is 20.4 Å². The van der Waals surface area contributed by atoms with Gasteiger partial charge < -0.3 is 9.14 Å². The zero-order valence-corrected chi connectivity index (χ0v) is 15.6. The van der Waals surface area contributed by atoms with E-state index in [-0.39, 0.29) is 10.8 Å². The number of anilines is 1. The first-order valence-electron chi connectivity index (χ1n) is 8.55. The van der Waals surface area contributed by atoms with Crippen LogP contribution in [0.3, 0.4) is 0 Å². The Morgan fingerprint density at radius 2 is 1.86 bits per heavy atom. The molecule has 1 atom stereocenters. The minimum absolute atomic E-state index is 0.108. The Labute approximate surface area is 166 Å². The number of rotatable bonds is 4. The highest BCUT2D eigenvalue weighted by Gasteiger charge is 2.34. The summed E-state index contributed by atoms with van der Waals surface area (Å²) in [5.74, 6) is 0.268. The van der Waals surface area contributed by atoms with Crippen LogP contribution in [0.15, 0.2) is 81.8 Å². The molecule has 29 heavy (non-hydrogen) atoms. The average molecular weight is 417 g/mol. The van der Waals surface area contributed by atoms with E-state index in [1.807, 2.05) is 0 Å². The maximum absolute atomic E-state index is 13.1. The molecule has 0 fully saturated rings. The summed E-state index contributed by atoms with van der Waals surface area (Å²) in [4.78, 5) is 8.55. The fraction of sp³-hybridized carbons (Fsp3) is 0.100. The molecule has 148 valence electrons. The van der Waals surface area contributed by atoms with E-state index >= 15 is 0 Å². The summed E-state index contributed by atoms with van der Waals surface area (Å²) < 4.78 is 60.6. The van der Waals surface area contributed by atoms with E-state index < -0.39 is 29.2 Å². The minimum Gasteiger partial charge on any atom is -0.434 e. The van der Waals surface area contributed by atoms with Gasteiger partial charge in [0, 0.05) is 23.1 Å². The van der Waals surface area contributed by atoms with Crippen LogP contribution in [-0.2, 0) is 11.0 Å². The number of nitrogens with one attached hydrogen (secondary N) is 1. The van der Waals surface area contributed by atoms with Crippen LogP contribution in [0.4, 0.5) is 18.9 Å². The fourth-order valence-corrected chi connectivity index (χ4v) is 3.77. The summed E-state index contributed by atoms with van der Waals surface area (Å²) in [7, 11) is -1.89. The molecule has 2 aromatic heterocycles. The van der Waals surface area contributed by atoms with Gasteiger partial charge in [-0.1, -0.05) is 30.4 Å². The molecule has 4 rings (SSSR count). The largest absolute Gasteiger partial charge is 0.434 e. The van der Waals surface area contributed by atoms with Gasteiger partial charge in [-0.05, 0) is 30.3 Å². The monoisotopic (exact) mass is 417 g/mol. The molecular weight excluding hydrogens is 403 g/mol. The van der Waals surface area contributed by atoms with Crippen molar-refractivity contribution in [3.63, 3.8) is 0 Å². The van der Waals surface area contributed by atoms with Crippen molar-refractivity contribution in [3.05, 3.63) is 77.4 Å². The number of fused-ring (bicyclic) bond motifs is 1. The molecule has 2 heterocycles. The van der Waals surface area contributed by atoms with Gasteiger partial charge in [-0.3, -0.25) is 0 Å². The molecule has 0 bridgehead atoms. The van der Waals surface area contributed by atoms with Crippen LogP contribution >= 0.6 is 0 Å². The number of hydrogen-bond acceptors (Lipinski definition) is 4. The van der Waals surface area contributed by atoms with Crippen LogP contribution in [0.1, 0.15) is 6.42 Å². The molecule has 5 nitrogen and oxygen atoms in total. The molecule has 0 saturated carbocycles. The zero-order valence-electron chi connectivity index (χ0n) is 14.8. The highest BCUT2D eigenvalue weighted by atomic mass is 32.2. The Kier molecular flexibility index (Phi) is 5.06. The molecule has 1 N–H and O–H groups in total. The van der Waals surface area contributed by atoms with Crippen molar-refractivity contribution < 1.29 is 21.8 Å². The predicted octanol–water partition coefficient (Wildman–Crippen LogP) is 5.30. The normalized spacial score (nSPS) is 15.6. The summed E-state index contributed by atoms with van der Waals surface area (Å²) >= 11 is 0. The highest BCUT2D eigenvalue weighted by molar-refractivity contribution is 7.90. The third kappa shape index (κ3) is 4.14. The van der Waals surface area contributed by atoms with Crippen LogP contribution in [0, 0.1) is 0 Å². The number of oxazole rings is 1. The molecule has 0 saturated heterocycles. The average Bonchev–Trinajstić information content (AvgIpc) is 2.95. The molecule has 0 amide bonds. The van der Waals surface area contributed by atoms with E-state index in [2.05, 4.69) is 14.7 Å². The van der Waals surface area contributed by atoms with Crippen LogP contribution in [0.25, 0.3) is 22.7 Å². The smallest absolute Gasteiger partial charge is 0.413 e. The number of para-hydroxylation sites is 1. The second-order valence-electron chi connectivity index (χ2n) is 6.14. The quantitative estimate of drug-likeness (QED) is 0.626. The summed E-state index contributed by atoms with van der Waals surface area (Å²) in [5, 5.41) is 0. The summed E-state index contributed by atoms with van der Waals surface area (Å²) in [5.41, 5.74) is 1.11. The van der Waals surface area contributed by atoms with Gasteiger partial charge in [0.05, 0.1) is 11.3 Å². The Hall–Kier alpha value is -3.20. The number of alkyl halides is 3. The second kappa shape index (κ2) is 7.67. The first-order chi connectivity index (χ1) is 13.9. The van der Waals surface area contributed by atoms with Crippen LogP contribution in [0.2, 0.25) is 0 Å². The standard InChI is InChI=1S/C20H14F3N3O2S/c21-20(22,23)13-6-1-2-7-14(12-13)29(27)26-16-9-4-3-8-15(16)19-25-18-17(28-19)10-5-11-24-18/h1-11,26H,12H2. The topological polar surface area (TPSA) is 68.0 Å². The Morgan fingerprint density at radius 1 is 1.07 bits per heavy atom. The van der Waals surface area contributed by atoms with E-state index in [1.54, 1.807) is 42.6 Å². The second-order valence-corrected chi connectivity index (χ2v) is 7.41. The van der Waals surface area contributed by atoms with Crippen molar-refractivity contribution in [1.29, 1.82) is 0 Å². The molecule has 0 aliphatic heterocycles. The molecule has 3 aromatic rings. The predicted molar refractivity (Wildman–Crippen MR) is 105 cm³/mol. The van der Waals surface area contributed by atoms with Crippen molar-refractivity contribution in [3.8, 4) is 11.5 Å². The van der Waals surface area contributed by atoms with Gasteiger partial charge in [-0.2, -0.15) is 18.2 Å². The highest BCUT2D eigenvalue weighted by Crippen LogP contribution is 2.34. The summed E-state index contributed by atoms with van der Waals surface area (Å²) in [6.07, 6.45) is 1.76. The van der Waals surface area contributed by atoms with Crippen molar-refractivity contribution >= 4 is 27.9 Å². The van der Waals surface area contributed by atoms with Gasteiger partial charge in [0.2, 0.25) is 5.89 Å². The molecule has 1 aliphatic carbocycles. The first kappa shape index (κ1) is 19.1. The molecule has 1 aromatic carbocycles. The van der Waals surface area contributed by atoms with Crippen LogP contribution < -0.4 is 4.72 Å². The maximum Gasteiger partial charge on any atom is 0.413 e. The Bertz CT molecular complexity index is 1150. The number of halogens is 3. The summed E-state index contributed by atoms with van der Waals surface area (Å²) in [6.45, 7) is 0. The molecule has 1 unspecified atom stereocenters. The number of benzene rings is 1. The first-order valence-corrected chi connectivity index (χ1v) is 9.70. The van der Waals surface area contributed by atoms with Crippen molar-refractivity contribution in [2.75, 3.05) is 4.72 Å². The third-order valence-electron chi connectivity index (χ3n) is 4.18. The van der Waals surface area contributed by atoms with Crippen molar-refractivity contribution in [1.82, 2.24) is 9.97 Å². The minimum atomic E-state index is -4.49. The molecule has 0 radical (unpaired) electrons. The van der Waals surface area contributed by atoms with E-state index in [1.165, 1.54) is 18.2 Å². The molecule has 0 spiro atoms. The fourth-order valence-electron chi connectivity index (χ4n) is 2.77. The number of pyridine rings is 1. The lowest BCUT2D eigenvalue weighted by atomic mass is 10.2. The lowest BCUT2D eigenvalue weighted by Gasteiger charge is -2.14.